The third kappa shape index (κ3) is 4.00. The Balaban J connectivity index is 2.27. The van der Waals surface area contributed by atoms with Crippen LogP contribution in [0.15, 0.2) is 30.5 Å². The van der Waals surface area contributed by atoms with E-state index in [1.165, 1.54) is 0 Å². The molecule has 1 heterocycles. The molecule has 2 rings (SSSR count). The van der Waals surface area contributed by atoms with Crippen LogP contribution in [0, 0.1) is 6.92 Å². The number of ether oxygens (including phenoxy) is 1. The van der Waals surface area contributed by atoms with Crippen molar-refractivity contribution in [3.05, 3.63) is 36.2 Å². The molecular weight excluding hydrogens is 262 g/mol. The fourth-order valence-electron chi connectivity index (χ4n) is 2.08. The van der Waals surface area contributed by atoms with Gasteiger partial charge in [-0.2, -0.15) is 0 Å². The Kier molecular flexibility index (Phi) is 5.26. The minimum absolute atomic E-state index is 0.225. The number of nitrogens with one attached hydrogen (secondary N) is 1. The molecule has 0 aliphatic carbocycles. The zero-order chi connectivity index (χ0) is 15.2. The fraction of sp³-hybridized carbons (Fsp3) is 0.471. The van der Waals surface area contributed by atoms with Crippen LogP contribution in [-0.4, -0.2) is 22.2 Å². The number of aromatic nitrogens is 2. The van der Waals surface area contributed by atoms with Crippen LogP contribution in [0.3, 0.4) is 0 Å². The third-order valence-corrected chi connectivity index (χ3v) is 3.37. The molecule has 0 radical (unpaired) electrons. The first kappa shape index (κ1) is 15.4. The summed E-state index contributed by atoms with van der Waals surface area (Å²) in [4.78, 5) is 4.54. The molecule has 114 valence electrons. The Morgan fingerprint density at radius 3 is 2.86 bits per heavy atom. The van der Waals surface area contributed by atoms with Gasteiger partial charge in [0.25, 0.3) is 0 Å². The van der Waals surface area contributed by atoms with E-state index in [1.54, 1.807) is 0 Å². The number of anilines is 1. The highest BCUT2D eigenvalue weighted by Crippen LogP contribution is 2.22. The van der Waals surface area contributed by atoms with Gasteiger partial charge in [0.15, 0.2) is 0 Å². The molecular formula is C17H25N3O. The number of rotatable bonds is 7. The SMILES string of the molecule is CCCNc1nc(C)cn1-c1cccc(OC(C)CC)c1. The van der Waals surface area contributed by atoms with Gasteiger partial charge < -0.3 is 10.1 Å². The molecule has 0 saturated heterocycles. The summed E-state index contributed by atoms with van der Waals surface area (Å²) in [5.41, 5.74) is 2.07. The van der Waals surface area contributed by atoms with Crippen LogP contribution in [0.25, 0.3) is 5.69 Å². The minimum atomic E-state index is 0.225. The normalized spacial score (nSPS) is 12.2. The maximum atomic E-state index is 5.90. The Morgan fingerprint density at radius 2 is 2.14 bits per heavy atom. The van der Waals surface area contributed by atoms with Crippen molar-refractivity contribution in [2.45, 2.75) is 46.6 Å². The lowest BCUT2D eigenvalue weighted by Gasteiger charge is -2.14. The van der Waals surface area contributed by atoms with Crippen LogP contribution in [-0.2, 0) is 0 Å². The van der Waals surface area contributed by atoms with Gasteiger partial charge in [-0.25, -0.2) is 4.98 Å². The first-order valence-electron chi connectivity index (χ1n) is 7.71. The lowest BCUT2D eigenvalue weighted by Crippen LogP contribution is -2.10. The van der Waals surface area contributed by atoms with E-state index in [0.717, 1.165) is 42.5 Å². The highest BCUT2D eigenvalue weighted by Gasteiger charge is 2.08. The summed E-state index contributed by atoms with van der Waals surface area (Å²) in [7, 11) is 0. The molecule has 0 fully saturated rings. The van der Waals surface area contributed by atoms with E-state index in [2.05, 4.69) is 47.8 Å². The monoisotopic (exact) mass is 287 g/mol. The van der Waals surface area contributed by atoms with Gasteiger partial charge in [0.1, 0.15) is 5.75 Å². The summed E-state index contributed by atoms with van der Waals surface area (Å²) in [5.74, 6) is 1.78. The summed E-state index contributed by atoms with van der Waals surface area (Å²) in [6.45, 7) is 9.28. The fourth-order valence-corrected chi connectivity index (χ4v) is 2.08. The van der Waals surface area contributed by atoms with Crippen LogP contribution in [0.5, 0.6) is 5.75 Å². The molecule has 0 bridgehead atoms. The van der Waals surface area contributed by atoms with Gasteiger partial charge >= 0.3 is 0 Å². The predicted molar refractivity (Wildman–Crippen MR) is 87.5 cm³/mol. The Labute approximate surface area is 127 Å². The van der Waals surface area contributed by atoms with Gasteiger partial charge in [-0.05, 0) is 38.8 Å². The maximum Gasteiger partial charge on any atom is 0.207 e. The van der Waals surface area contributed by atoms with Crippen molar-refractivity contribution >= 4 is 5.95 Å². The molecule has 0 amide bonds. The number of benzene rings is 1. The van der Waals surface area contributed by atoms with Gasteiger partial charge in [-0.1, -0.05) is 19.9 Å². The zero-order valence-electron chi connectivity index (χ0n) is 13.4. The van der Waals surface area contributed by atoms with Crippen LogP contribution >= 0.6 is 0 Å². The van der Waals surface area contributed by atoms with Crippen molar-refractivity contribution in [1.82, 2.24) is 9.55 Å². The van der Waals surface area contributed by atoms with Crippen molar-refractivity contribution in [3.8, 4) is 11.4 Å². The van der Waals surface area contributed by atoms with E-state index in [0.29, 0.717) is 0 Å². The first-order chi connectivity index (χ1) is 10.1. The Bertz CT molecular complexity index is 577. The topological polar surface area (TPSA) is 39.1 Å². The predicted octanol–water partition coefficient (Wildman–Crippen LogP) is 4.18. The van der Waals surface area contributed by atoms with Gasteiger partial charge in [0.05, 0.1) is 17.5 Å². The second-order valence-electron chi connectivity index (χ2n) is 5.34. The number of hydrogen-bond donors (Lipinski definition) is 1. The van der Waals surface area contributed by atoms with E-state index in [4.69, 9.17) is 4.74 Å². The van der Waals surface area contributed by atoms with Crippen LogP contribution in [0.1, 0.15) is 39.3 Å². The molecule has 0 aliphatic rings. The molecule has 4 heteroatoms. The van der Waals surface area contributed by atoms with E-state index in [-0.39, 0.29) is 6.10 Å². The van der Waals surface area contributed by atoms with E-state index in [1.807, 2.05) is 25.3 Å². The molecule has 4 nitrogen and oxygen atoms in total. The zero-order valence-corrected chi connectivity index (χ0v) is 13.4. The largest absolute Gasteiger partial charge is 0.491 e. The van der Waals surface area contributed by atoms with Crippen LogP contribution in [0.4, 0.5) is 5.95 Å². The molecule has 21 heavy (non-hydrogen) atoms. The number of aryl methyl sites for hydroxylation is 1. The van der Waals surface area contributed by atoms with Gasteiger partial charge in [-0.3, -0.25) is 4.57 Å². The average Bonchev–Trinajstić information content (AvgIpc) is 2.86. The quantitative estimate of drug-likeness (QED) is 0.830. The molecule has 0 spiro atoms. The number of hydrogen-bond acceptors (Lipinski definition) is 3. The van der Waals surface area contributed by atoms with Crippen molar-refractivity contribution in [2.75, 3.05) is 11.9 Å². The highest BCUT2D eigenvalue weighted by molar-refractivity contribution is 5.46. The van der Waals surface area contributed by atoms with Crippen molar-refractivity contribution in [1.29, 1.82) is 0 Å². The van der Waals surface area contributed by atoms with Gasteiger partial charge in [0, 0.05) is 18.8 Å². The third-order valence-electron chi connectivity index (χ3n) is 3.37. The first-order valence-corrected chi connectivity index (χ1v) is 7.71. The average molecular weight is 287 g/mol. The Morgan fingerprint density at radius 1 is 1.33 bits per heavy atom. The summed E-state index contributed by atoms with van der Waals surface area (Å²) < 4.78 is 7.98. The molecule has 1 aromatic heterocycles. The molecule has 1 aromatic carbocycles. The highest BCUT2D eigenvalue weighted by atomic mass is 16.5. The van der Waals surface area contributed by atoms with Crippen molar-refractivity contribution in [2.24, 2.45) is 0 Å². The molecule has 1 atom stereocenters. The van der Waals surface area contributed by atoms with Crippen LogP contribution < -0.4 is 10.1 Å². The number of imidazole rings is 1. The lowest BCUT2D eigenvalue weighted by atomic mass is 10.2. The van der Waals surface area contributed by atoms with Crippen LogP contribution in [0.2, 0.25) is 0 Å². The van der Waals surface area contributed by atoms with Crippen molar-refractivity contribution in [3.63, 3.8) is 0 Å². The molecule has 1 unspecified atom stereocenters. The van der Waals surface area contributed by atoms with E-state index < -0.39 is 0 Å². The maximum absolute atomic E-state index is 5.90. The molecule has 0 saturated carbocycles. The second-order valence-corrected chi connectivity index (χ2v) is 5.34. The standard InChI is InChI=1S/C17H25N3O/c1-5-10-18-17-19-13(3)12-20(17)15-8-7-9-16(11-15)21-14(4)6-2/h7-9,11-12,14H,5-6,10H2,1-4H3,(H,18,19). The van der Waals surface area contributed by atoms with E-state index in [9.17, 15) is 0 Å². The van der Waals surface area contributed by atoms with Crippen molar-refractivity contribution < 1.29 is 4.74 Å². The summed E-state index contributed by atoms with van der Waals surface area (Å²) >= 11 is 0. The number of nitrogens with zero attached hydrogens (tertiary/aromatic N) is 2. The van der Waals surface area contributed by atoms with Gasteiger partial charge in [0.2, 0.25) is 5.95 Å². The summed E-state index contributed by atoms with van der Waals surface area (Å²) in [6.07, 6.45) is 4.34. The van der Waals surface area contributed by atoms with E-state index >= 15 is 0 Å². The molecule has 2 aromatic rings. The smallest absolute Gasteiger partial charge is 0.207 e. The molecule has 0 aliphatic heterocycles. The van der Waals surface area contributed by atoms with Gasteiger partial charge in [-0.15, -0.1) is 0 Å². The summed E-state index contributed by atoms with van der Waals surface area (Å²) in [5, 5.41) is 3.36. The summed E-state index contributed by atoms with van der Waals surface area (Å²) in [6, 6.07) is 8.15. The second kappa shape index (κ2) is 7.16. The lowest BCUT2D eigenvalue weighted by molar-refractivity contribution is 0.217. The Hall–Kier alpha value is -1.97. The minimum Gasteiger partial charge on any atom is -0.491 e. The molecule has 1 N–H and O–H groups in total.